The molecule has 3 rings (SSSR count). The van der Waals surface area contributed by atoms with Gasteiger partial charge in [0.25, 0.3) is 0 Å². The second-order valence-electron chi connectivity index (χ2n) is 4.96. The van der Waals surface area contributed by atoms with Crippen LogP contribution in [0.2, 0.25) is 5.15 Å². The molecule has 3 aromatic rings. The van der Waals surface area contributed by atoms with E-state index in [2.05, 4.69) is 27.0 Å². The first-order valence-corrected chi connectivity index (χ1v) is 8.40. The highest BCUT2D eigenvalue weighted by molar-refractivity contribution is 6.29. The molecule has 0 atom stereocenters. The van der Waals surface area contributed by atoms with Crippen molar-refractivity contribution in [1.29, 1.82) is 0 Å². The summed E-state index contributed by atoms with van der Waals surface area (Å²) < 4.78 is 30.4. The zero-order valence-electron chi connectivity index (χ0n) is 14.7. The summed E-state index contributed by atoms with van der Waals surface area (Å²) in [6.07, 6.45) is 3.02. The van der Waals surface area contributed by atoms with Gasteiger partial charge in [-0.2, -0.15) is 9.61 Å². The number of aliphatic imine (C=N–C) groups is 1. The summed E-state index contributed by atoms with van der Waals surface area (Å²) in [5.41, 5.74) is 0.600. The van der Waals surface area contributed by atoms with Crippen LogP contribution in [0.1, 0.15) is 37.7 Å². The van der Waals surface area contributed by atoms with Crippen LogP contribution in [0, 0.1) is 11.6 Å². The molecular formula is C18H18ClF2N5. The quantitative estimate of drug-likeness (QED) is 0.598. The third-order valence-electron chi connectivity index (χ3n) is 3.46. The minimum Gasteiger partial charge on any atom is -0.264 e. The summed E-state index contributed by atoms with van der Waals surface area (Å²) in [5.74, 6) is -1.17. The number of aromatic nitrogens is 4. The lowest BCUT2D eigenvalue weighted by atomic mass is 10.0. The molecule has 136 valence electrons. The zero-order chi connectivity index (χ0) is 19.3. The van der Waals surface area contributed by atoms with E-state index in [1.807, 2.05) is 13.8 Å². The molecule has 0 amide bonds. The standard InChI is InChI=1S/C16H12ClF2N5.C2H6/c1-3-4-9-12(20-2)8-11(18)10(16(9)19)7-15-22-21-14-6-5-13(17)23-24(14)15;1-2/h3-6,8H,2,7H2,1H3;1-2H3/b4-3-;. The Morgan fingerprint density at radius 1 is 1.27 bits per heavy atom. The van der Waals surface area contributed by atoms with Gasteiger partial charge in [0.15, 0.2) is 11.5 Å². The van der Waals surface area contributed by atoms with Gasteiger partial charge in [-0.1, -0.05) is 37.6 Å². The van der Waals surface area contributed by atoms with Crippen molar-refractivity contribution in [2.45, 2.75) is 27.2 Å². The Kier molecular flexibility index (Phi) is 6.52. The number of hydrogen-bond donors (Lipinski definition) is 0. The molecule has 5 nitrogen and oxygen atoms in total. The smallest absolute Gasteiger partial charge is 0.178 e. The molecule has 26 heavy (non-hydrogen) atoms. The van der Waals surface area contributed by atoms with Crippen molar-refractivity contribution in [3.63, 3.8) is 0 Å². The van der Waals surface area contributed by atoms with Crippen LogP contribution in [-0.4, -0.2) is 26.5 Å². The summed E-state index contributed by atoms with van der Waals surface area (Å²) in [5, 5.41) is 12.1. The second-order valence-corrected chi connectivity index (χ2v) is 5.35. The fourth-order valence-electron chi connectivity index (χ4n) is 2.36. The summed E-state index contributed by atoms with van der Waals surface area (Å²) in [4.78, 5) is 3.67. The summed E-state index contributed by atoms with van der Waals surface area (Å²) in [6.45, 7) is 9.07. The van der Waals surface area contributed by atoms with E-state index in [9.17, 15) is 8.78 Å². The third kappa shape index (κ3) is 3.77. The van der Waals surface area contributed by atoms with Gasteiger partial charge < -0.3 is 0 Å². The average molecular weight is 378 g/mol. The minimum atomic E-state index is -0.734. The Morgan fingerprint density at radius 2 is 2.00 bits per heavy atom. The van der Waals surface area contributed by atoms with Crippen LogP contribution < -0.4 is 0 Å². The third-order valence-corrected chi connectivity index (χ3v) is 3.66. The van der Waals surface area contributed by atoms with Crippen LogP contribution in [0.15, 0.2) is 29.3 Å². The lowest BCUT2D eigenvalue weighted by Gasteiger charge is -2.09. The SMILES string of the molecule is C=Nc1cc(F)c(Cc2nnc3ccc(Cl)nn23)c(F)c1/C=C\C.CC. The summed E-state index contributed by atoms with van der Waals surface area (Å²) >= 11 is 5.86. The Bertz CT molecular complexity index is 966. The molecule has 0 saturated heterocycles. The molecule has 0 radical (unpaired) electrons. The van der Waals surface area contributed by atoms with Crippen LogP contribution >= 0.6 is 11.6 Å². The van der Waals surface area contributed by atoms with Gasteiger partial charge in [0.05, 0.1) is 5.69 Å². The Labute approximate surface area is 155 Å². The molecule has 0 aliphatic rings. The van der Waals surface area contributed by atoms with Gasteiger partial charge in [-0.3, -0.25) is 4.99 Å². The van der Waals surface area contributed by atoms with E-state index in [0.29, 0.717) is 5.65 Å². The number of halogens is 3. The van der Waals surface area contributed by atoms with Gasteiger partial charge in [0.1, 0.15) is 16.8 Å². The highest BCUT2D eigenvalue weighted by Gasteiger charge is 2.19. The number of rotatable bonds is 4. The minimum absolute atomic E-state index is 0.131. The molecule has 0 spiro atoms. The van der Waals surface area contributed by atoms with Crippen molar-refractivity contribution >= 4 is 35.7 Å². The summed E-state index contributed by atoms with van der Waals surface area (Å²) in [6, 6.07) is 4.32. The van der Waals surface area contributed by atoms with Crippen molar-refractivity contribution in [3.8, 4) is 0 Å². The fourth-order valence-corrected chi connectivity index (χ4v) is 2.50. The fraction of sp³-hybridized carbons (Fsp3) is 0.222. The molecule has 0 saturated carbocycles. The van der Waals surface area contributed by atoms with Gasteiger partial charge in [-0.15, -0.1) is 10.2 Å². The Balaban J connectivity index is 0.00000117. The van der Waals surface area contributed by atoms with Crippen molar-refractivity contribution in [2.75, 3.05) is 0 Å². The first-order valence-electron chi connectivity index (χ1n) is 8.02. The van der Waals surface area contributed by atoms with Crippen LogP contribution in [0.3, 0.4) is 0 Å². The predicted octanol–water partition coefficient (Wildman–Crippen LogP) is 5.04. The molecule has 0 aliphatic carbocycles. The molecule has 0 unspecified atom stereocenters. The Morgan fingerprint density at radius 3 is 2.65 bits per heavy atom. The van der Waals surface area contributed by atoms with Crippen LogP contribution in [0.5, 0.6) is 0 Å². The zero-order valence-corrected chi connectivity index (χ0v) is 15.4. The largest absolute Gasteiger partial charge is 0.264 e. The molecule has 2 heterocycles. The predicted molar refractivity (Wildman–Crippen MR) is 100 cm³/mol. The molecule has 2 aromatic heterocycles. The normalized spacial score (nSPS) is 10.8. The van der Waals surface area contributed by atoms with Gasteiger partial charge in [0, 0.05) is 23.6 Å². The molecule has 8 heteroatoms. The molecule has 0 N–H and O–H groups in total. The number of allylic oxidation sites excluding steroid dienone is 1. The Hall–Kier alpha value is -2.67. The highest BCUT2D eigenvalue weighted by Crippen LogP contribution is 2.29. The van der Waals surface area contributed by atoms with Gasteiger partial charge in [-0.05, 0) is 25.8 Å². The van der Waals surface area contributed by atoms with Crippen LogP contribution in [0.4, 0.5) is 14.5 Å². The van der Waals surface area contributed by atoms with Crippen molar-refractivity contribution < 1.29 is 8.78 Å². The lowest BCUT2D eigenvalue weighted by Crippen LogP contribution is -2.05. The van der Waals surface area contributed by atoms with Gasteiger partial charge in [-0.25, -0.2) is 8.78 Å². The maximum absolute atomic E-state index is 14.8. The van der Waals surface area contributed by atoms with E-state index in [-0.39, 0.29) is 34.2 Å². The van der Waals surface area contributed by atoms with Gasteiger partial charge in [0.2, 0.25) is 0 Å². The maximum atomic E-state index is 14.8. The number of nitrogens with zero attached hydrogens (tertiary/aromatic N) is 5. The molecular weight excluding hydrogens is 360 g/mol. The highest BCUT2D eigenvalue weighted by atomic mass is 35.5. The maximum Gasteiger partial charge on any atom is 0.178 e. The first-order chi connectivity index (χ1) is 12.5. The van der Waals surface area contributed by atoms with Gasteiger partial charge >= 0.3 is 0 Å². The number of benzene rings is 1. The molecule has 1 aromatic carbocycles. The summed E-state index contributed by atoms with van der Waals surface area (Å²) in [7, 11) is 0. The topological polar surface area (TPSA) is 55.4 Å². The van der Waals surface area contributed by atoms with Crippen molar-refractivity contribution in [2.24, 2.45) is 4.99 Å². The van der Waals surface area contributed by atoms with Crippen LogP contribution in [0.25, 0.3) is 11.7 Å². The van der Waals surface area contributed by atoms with E-state index in [4.69, 9.17) is 11.6 Å². The molecule has 0 fully saturated rings. The first kappa shape index (κ1) is 19.7. The van der Waals surface area contributed by atoms with E-state index >= 15 is 0 Å². The second kappa shape index (κ2) is 8.62. The van der Waals surface area contributed by atoms with Crippen molar-refractivity contribution in [3.05, 3.63) is 58.0 Å². The molecule has 0 bridgehead atoms. The average Bonchev–Trinajstić information content (AvgIpc) is 3.04. The number of hydrogen-bond acceptors (Lipinski definition) is 4. The van der Waals surface area contributed by atoms with Crippen LogP contribution in [-0.2, 0) is 6.42 Å². The molecule has 0 aliphatic heterocycles. The van der Waals surface area contributed by atoms with E-state index in [0.717, 1.165) is 6.07 Å². The monoisotopic (exact) mass is 377 g/mol. The van der Waals surface area contributed by atoms with Crippen molar-refractivity contribution in [1.82, 2.24) is 19.8 Å². The van der Waals surface area contributed by atoms with E-state index < -0.39 is 11.6 Å². The number of fused-ring (bicyclic) bond motifs is 1. The van der Waals surface area contributed by atoms with E-state index in [1.54, 1.807) is 25.1 Å². The lowest BCUT2D eigenvalue weighted by molar-refractivity contribution is 0.557. The van der Waals surface area contributed by atoms with E-state index in [1.165, 1.54) is 10.6 Å².